The van der Waals surface area contributed by atoms with Gasteiger partial charge < -0.3 is 0 Å². The highest BCUT2D eigenvalue weighted by molar-refractivity contribution is 6.06. The molecule has 0 bridgehead atoms. The van der Waals surface area contributed by atoms with Crippen molar-refractivity contribution in [3.05, 3.63) is 35.9 Å². The standard InChI is InChI=1S/C16H20N2O2/c1-2-13(11-6-4-3-5-7-11)17-14-10-15(19)18(16(14)20)12-8-9-12/h3-7,12-14,17H,2,8-10H2,1H3. The summed E-state index contributed by atoms with van der Waals surface area (Å²) < 4.78 is 0. The second-order valence-electron chi connectivity index (χ2n) is 5.63. The van der Waals surface area contributed by atoms with Crippen molar-refractivity contribution in [1.29, 1.82) is 0 Å². The van der Waals surface area contributed by atoms with E-state index in [2.05, 4.69) is 24.4 Å². The Labute approximate surface area is 119 Å². The van der Waals surface area contributed by atoms with Crippen LogP contribution in [0.1, 0.15) is 44.2 Å². The average Bonchev–Trinajstić information content (AvgIpc) is 3.25. The number of rotatable bonds is 5. The molecule has 106 valence electrons. The van der Waals surface area contributed by atoms with Crippen LogP contribution < -0.4 is 5.32 Å². The van der Waals surface area contributed by atoms with E-state index in [-0.39, 0.29) is 29.9 Å². The number of carbonyl (C=O) groups excluding carboxylic acids is 2. The van der Waals surface area contributed by atoms with E-state index in [1.807, 2.05) is 18.2 Å². The summed E-state index contributed by atoms with van der Waals surface area (Å²) in [5.74, 6) is -0.0511. The summed E-state index contributed by atoms with van der Waals surface area (Å²) in [7, 11) is 0. The normalized spacial score (nSPS) is 24.2. The lowest BCUT2D eigenvalue weighted by Gasteiger charge is -2.21. The number of nitrogens with zero attached hydrogens (tertiary/aromatic N) is 1. The summed E-state index contributed by atoms with van der Waals surface area (Å²) in [5, 5.41) is 3.36. The van der Waals surface area contributed by atoms with Crippen molar-refractivity contribution in [2.45, 2.75) is 50.7 Å². The Bertz CT molecular complexity index is 510. The molecule has 1 heterocycles. The Hall–Kier alpha value is -1.68. The van der Waals surface area contributed by atoms with Crippen molar-refractivity contribution in [2.24, 2.45) is 0 Å². The van der Waals surface area contributed by atoms with Crippen molar-refractivity contribution < 1.29 is 9.59 Å². The minimum absolute atomic E-state index is 0.0158. The number of carbonyl (C=O) groups is 2. The second kappa shape index (κ2) is 5.37. The van der Waals surface area contributed by atoms with E-state index in [9.17, 15) is 9.59 Å². The Morgan fingerprint density at radius 1 is 1.25 bits per heavy atom. The lowest BCUT2D eigenvalue weighted by Crippen LogP contribution is -2.41. The van der Waals surface area contributed by atoms with Gasteiger partial charge >= 0.3 is 0 Å². The fourth-order valence-electron chi connectivity index (χ4n) is 2.88. The molecule has 3 rings (SSSR count). The summed E-state index contributed by atoms with van der Waals surface area (Å²) in [5.41, 5.74) is 1.17. The Kier molecular flexibility index (Phi) is 3.57. The molecule has 0 spiro atoms. The fourth-order valence-corrected chi connectivity index (χ4v) is 2.88. The lowest BCUT2D eigenvalue weighted by molar-refractivity contribution is -0.139. The molecule has 1 N–H and O–H groups in total. The molecule has 4 nitrogen and oxygen atoms in total. The van der Waals surface area contributed by atoms with Gasteiger partial charge in [-0.05, 0) is 24.8 Å². The summed E-state index contributed by atoms with van der Waals surface area (Å²) >= 11 is 0. The number of benzene rings is 1. The van der Waals surface area contributed by atoms with Crippen LogP contribution in [0.2, 0.25) is 0 Å². The highest BCUT2D eigenvalue weighted by Crippen LogP contribution is 2.32. The molecule has 2 unspecified atom stereocenters. The number of imide groups is 1. The van der Waals surface area contributed by atoms with Crippen LogP contribution in [0, 0.1) is 0 Å². The molecular formula is C16H20N2O2. The van der Waals surface area contributed by atoms with Crippen LogP contribution in [0.15, 0.2) is 30.3 Å². The van der Waals surface area contributed by atoms with Crippen LogP contribution in [0.5, 0.6) is 0 Å². The Morgan fingerprint density at radius 3 is 2.55 bits per heavy atom. The van der Waals surface area contributed by atoms with Crippen molar-refractivity contribution in [2.75, 3.05) is 0 Å². The van der Waals surface area contributed by atoms with Crippen LogP contribution in [0.3, 0.4) is 0 Å². The molecule has 2 amide bonds. The van der Waals surface area contributed by atoms with Crippen LogP contribution in [0.25, 0.3) is 0 Å². The monoisotopic (exact) mass is 272 g/mol. The van der Waals surface area contributed by atoms with Gasteiger partial charge in [-0.1, -0.05) is 37.3 Å². The molecule has 20 heavy (non-hydrogen) atoms. The van der Waals surface area contributed by atoms with Gasteiger partial charge in [0.15, 0.2) is 0 Å². The lowest BCUT2D eigenvalue weighted by atomic mass is 10.0. The summed E-state index contributed by atoms with van der Waals surface area (Å²) in [4.78, 5) is 25.8. The molecule has 1 aromatic carbocycles. The van der Waals surface area contributed by atoms with E-state index in [0.29, 0.717) is 6.42 Å². The van der Waals surface area contributed by atoms with Crippen LogP contribution >= 0.6 is 0 Å². The summed E-state index contributed by atoms with van der Waals surface area (Å²) in [6, 6.07) is 10.0. The van der Waals surface area contributed by atoms with Gasteiger partial charge in [0.1, 0.15) is 0 Å². The molecule has 4 heteroatoms. The molecule has 2 aliphatic rings. The SMILES string of the molecule is CCC(NC1CC(=O)N(C2CC2)C1=O)c1ccccc1. The number of nitrogens with one attached hydrogen (secondary N) is 1. The van der Waals surface area contributed by atoms with Gasteiger partial charge in [-0.2, -0.15) is 0 Å². The van der Waals surface area contributed by atoms with E-state index in [1.165, 1.54) is 10.5 Å². The van der Waals surface area contributed by atoms with Crippen molar-refractivity contribution in [3.63, 3.8) is 0 Å². The van der Waals surface area contributed by atoms with Crippen LogP contribution in [0.4, 0.5) is 0 Å². The molecule has 1 saturated heterocycles. The van der Waals surface area contributed by atoms with Gasteiger partial charge in [0.2, 0.25) is 11.8 Å². The quantitative estimate of drug-likeness (QED) is 0.834. The number of hydrogen-bond donors (Lipinski definition) is 1. The molecule has 1 saturated carbocycles. The Balaban J connectivity index is 1.70. The first-order valence-corrected chi connectivity index (χ1v) is 7.37. The van der Waals surface area contributed by atoms with E-state index in [0.717, 1.165) is 19.3 Å². The fraction of sp³-hybridized carbons (Fsp3) is 0.500. The van der Waals surface area contributed by atoms with Gasteiger partial charge in [0.25, 0.3) is 0 Å². The molecule has 2 fully saturated rings. The minimum atomic E-state index is -0.353. The maximum Gasteiger partial charge on any atom is 0.247 e. The molecule has 0 radical (unpaired) electrons. The molecular weight excluding hydrogens is 252 g/mol. The number of likely N-dealkylation sites (tertiary alicyclic amines) is 1. The van der Waals surface area contributed by atoms with Gasteiger partial charge in [-0.15, -0.1) is 0 Å². The minimum Gasteiger partial charge on any atom is -0.299 e. The van der Waals surface area contributed by atoms with Crippen LogP contribution in [-0.4, -0.2) is 28.8 Å². The molecule has 1 aliphatic heterocycles. The summed E-state index contributed by atoms with van der Waals surface area (Å²) in [6.07, 6.45) is 3.14. The first kappa shape index (κ1) is 13.3. The first-order chi connectivity index (χ1) is 9.70. The van der Waals surface area contributed by atoms with E-state index in [4.69, 9.17) is 0 Å². The van der Waals surface area contributed by atoms with Crippen molar-refractivity contribution in [3.8, 4) is 0 Å². The van der Waals surface area contributed by atoms with Gasteiger partial charge in [0, 0.05) is 12.1 Å². The maximum atomic E-state index is 12.3. The zero-order valence-corrected chi connectivity index (χ0v) is 11.7. The highest BCUT2D eigenvalue weighted by Gasteiger charge is 2.46. The topological polar surface area (TPSA) is 49.4 Å². The largest absolute Gasteiger partial charge is 0.299 e. The summed E-state index contributed by atoms with van der Waals surface area (Å²) in [6.45, 7) is 2.09. The molecule has 1 aliphatic carbocycles. The van der Waals surface area contributed by atoms with Crippen molar-refractivity contribution >= 4 is 11.8 Å². The smallest absolute Gasteiger partial charge is 0.247 e. The third-order valence-electron chi connectivity index (χ3n) is 4.11. The second-order valence-corrected chi connectivity index (χ2v) is 5.63. The van der Waals surface area contributed by atoms with Crippen LogP contribution in [-0.2, 0) is 9.59 Å². The van der Waals surface area contributed by atoms with E-state index in [1.54, 1.807) is 0 Å². The van der Waals surface area contributed by atoms with Gasteiger partial charge in [0.05, 0.1) is 12.5 Å². The first-order valence-electron chi connectivity index (χ1n) is 7.37. The predicted octanol–water partition coefficient (Wildman–Crippen LogP) is 2.02. The zero-order valence-electron chi connectivity index (χ0n) is 11.7. The third kappa shape index (κ3) is 2.48. The van der Waals surface area contributed by atoms with E-state index >= 15 is 0 Å². The van der Waals surface area contributed by atoms with Gasteiger partial charge in [-0.3, -0.25) is 19.8 Å². The molecule has 2 atom stereocenters. The average molecular weight is 272 g/mol. The van der Waals surface area contributed by atoms with Gasteiger partial charge in [-0.25, -0.2) is 0 Å². The highest BCUT2D eigenvalue weighted by atomic mass is 16.2. The molecule has 1 aromatic rings. The predicted molar refractivity (Wildman–Crippen MR) is 75.9 cm³/mol. The number of hydrogen-bond acceptors (Lipinski definition) is 3. The Morgan fingerprint density at radius 2 is 1.95 bits per heavy atom. The molecule has 0 aromatic heterocycles. The zero-order chi connectivity index (χ0) is 14.1. The maximum absolute atomic E-state index is 12.3. The number of amides is 2. The third-order valence-corrected chi connectivity index (χ3v) is 4.11. The van der Waals surface area contributed by atoms with E-state index < -0.39 is 0 Å². The van der Waals surface area contributed by atoms with Crippen molar-refractivity contribution in [1.82, 2.24) is 10.2 Å².